The molecule has 2 aromatic rings. The van der Waals surface area contributed by atoms with Crippen LogP contribution >= 0.6 is 0 Å². The van der Waals surface area contributed by atoms with Crippen molar-refractivity contribution in [3.05, 3.63) is 51.7 Å². The first-order valence-electron chi connectivity index (χ1n) is 5.56. The van der Waals surface area contributed by atoms with E-state index in [1.807, 2.05) is 0 Å². The van der Waals surface area contributed by atoms with Crippen molar-refractivity contribution < 1.29 is 18.3 Å². The third kappa shape index (κ3) is 2.37. The first kappa shape index (κ1) is 14.1. The Morgan fingerprint density at radius 1 is 1.30 bits per heavy atom. The molecule has 0 saturated carbocycles. The predicted molar refractivity (Wildman–Crippen MR) is 64.1 cm³/mol. The molecule has 0 spiro atoms. The maximum absolute atomic E-state index is 13.7. The number of hydrogen-bond donors (Lipinski definition) is 2. The summed E-state index contributed by atoms with van der Waals surface area (Å²) >= 11 is 0. The predicted octanol–water partition coefficient (Wildman–Crippen LogP) is 1.07. The molecule has 5 nitrogen and oxygen atoms in total. The minimum Gasteiger partial charge on any atom is -0.506 e. The van der Waals surface area contributed by atoms with Crippen LogP contribution in [0.15, 0.2) is 23.0 Å². The fourth-order valence-electron chi connectivity index (χ4n) is 1.63. The van der Waals surface area contributed by atoms with Crippen LogP contribution in [-0.4, -0.2) is 21.9 Å². The lowest BCUT2D eigenvalue weighted by atomic mass is 10.2. The zero-order valence-corrected chi connectivity index (χ0v) is 10.3. The Labute approximate surface area is 111 Å². The summed E-state index contributed by atoms with van der Waals surface area (Å²) in [6.45, 7) is 0.109. The summed E-state index contributed by atoms with van der Waals surface area (Å²) in [6.07, 6.45) is 0. The maximum Gasteiger partial charge on any atom is 0.275 e. The smallest absolute Gasteiger partial charge is 0.275 e. The number of aromatic nitrogens is 2. The standard InChI is InChI=1S/C12H10F3N3O2/c1-16-5-7-9(19)4-10(20)18(17-7)8-3-2-6(13)11(14)12(8)15/h2-4,16,19H,5H2,1H3. The highest BCUT2D eigenvalue weighted by atomic mass is 19.2. The molecular weight excluding hydrogens is 275 g/mol. The number of nitrogens with one attached hydrogen (secondary N) is 1. The summed E-state index contributed by atoms with van der Waals surface area (Å²) in [5.74, 6) is -4.96. The Morgan fingerprint density at radius 3 is 2.65 bits per heavy atom. The van der Waals surface area contributed by atoms with Crippen LogP contribution in [-0.2, 0) is 6.54 Å². The molecule has 2 N–H and O–H groups in total. The van der Waals surface area contributed by atoms with E-state index in [1.165, 1.54) is 0 Å². The van der Waals surface area contributed by atoms with Crippen LogP contribution in [0.3, 0.4) is 0 Å². The Hall–Kier alpha value is -2.35. The molecule has 1 heterocycles. The monoisotopic (exact) mass is 285 g/mol. The molecule has 0 fully saturated rings. The van der Waals surface area contributed by atoms with Crippen molar-refractivity contribution in [2.24, 2.45) is 0 Å². The van der Waals surface area contributed by atoms with Crippen molar-refractivity contribution in [2.45, 2.75) is 6.54 Å². The molecule has 0 aliphatic heterocycles. The fourth-order valence-corrected chi connectivity index (χ4v) is 1.63. The van der Waals surface area contributed by atoms with Crippen LogP contribution in [0.1, 0.15) is 5.69 Å². The van der Waals surface area contributed by atoms with Gasteiger partial charge in [0.1, 0.15) is 17.1 Å². The second-order valence-corrected chi connectivity index (χ2v) is 3.95. The zero-order chi connectivity index (χ0) is 14.9. The van der Waals surface area contributed by atoms with Gasteiger partial charge in [0.2, 0.25) is 0 Å². The normalized spacial score (nSPS) is 10.8. The van der Waals surface area contributed by atoms with Crippen LogP contribution in [0.5, 0.6) is 5.75 Å². The van der Waals surface area contributed by atoms with E-state index >= 15 is 0 Å². The van der Waals surface area contributed by atoms with Crippen molar-refractivity contribution in [3.63, 3.8) is 0 Å². The highest BCUT2D eigenvalue weighted by Gasteiger charge is 2.17. The molecule has 0 atom stereocenters. The van der Waals surface area contributed by atoms with Crippen LogP contribution in [0.4, 0.5) is 13.2 Å². The molecule has 8 heteroatoms. The van der Waals surface area contributed by atoms with Gasteiger partial charge >= 0.3 is 0 Å². The van der Waals surface area contributed by atoms with Gasteiger partial charge in [0.05, 0.1) is 0 Å². The first-order chi connectivity index (χ1) is 9.45. The van der Waals surface area contributed by atoms with Gasteiger partial charge in [0.15, 0.2) is 17.5 Å². The summed E-state index contributed by atoms with van der Waals surface area (Å²) in [5.41, 5.74) is -1.34. The van der Waals surface area contributed by atoms with Crippen LogP contribution in [0, 0.1) is 17.5 Å². The zero-order valence-electron chi connectivity index (χ0n) is 10.3. The molecule has 0 amide bonds. The highest BCUT2D eigenvalue weighted by Crippen LogP contribution is 2.18. The molecule has 0 radical (unpaired) electrons. The van der Waals surface area contributed by atoms with Crippen molar-refractivity contribution in [3.8, 4) is 11.4 Å². The molecule has 0 aliphatic carbocycles. The summed E-state index contributed by atoms with van der Waals surface area (Å²) < 4.78 is 40.3. The van der Waals surface area contributed by atoms with E-state index < -0.39 is 28.7 Å². The minimum atomic E-state index is -1.69. The van der Waals surface area contributed by atoms with Crippen LogP contribution < -0.4 is 10.9 Å². The Balaban J connectivity index is 2.67. The number of benzene rings is 1. The van der Waals surface area contributed by atoms with Gasteiger partial charge in [-0.15, -0.1) is 0 Å². The van der Waals surface area contributed by atoms with Gasteiger partial charge in [-0.3, -0.25) is 4.79 Å². The second-order valence-electron chi connectivity index (χ2n) is 3.95. The van der Waals surface area contributed by atoms with E-state index in [4.69, 9.17) is 0 Å². The van der Waals surface area contributed by atoms with Crippen LogP contribution in [0.2, 0.25) is 0 Å². The van der Waals surface area contributed by atoms with E-state index in [0.29, 0.717) is 10.7 Å². The highest BCUT2D eigenvalue weighted by molar-refractivity contribution is 5.35. The van der Waals surface area contributed by atoms with Gasteiger partial charge in [-0.05, 0) is 19.2 Å². The van der Waals surface area contributed by atoms with E-state index in [-0.39, 0.29) is 18.0 Å². The van der Waals surface area contributed by atoms with E-state index in [2.05, 4.69) is 10.4 Å². The number of aromatic hydroxyl groups is 1. The SMILES string of the molecule is CNCc1nn(-c2ccc(F)c(F)c2F)c(=O)cc1O. The van der Waals surface area contributed by atoms with Crippen molar-refractivity contribution in [2.75, 3.05) is 7.05 Å². The first-order valence-corrected chi connectivity index (χ1v) is 5.56. The van der Waals surface area contributed by atoms with Gasteiger partial charge in [-0.25, -0.2) is 13.2 Å². The molecule has 2 rings (SSSR count). The summed E-state index contributed by atoms with van der Waals surface area (Å²) in [7, 11) is 1.58. The van der Waals surface area contributed by atoms with Crippen molar-refractivity contribution in [1.82, 2.24) is 15.1 Å². The Bertz CT molecular complexity index is 716. The van der Waals surface area contributed by atoms with E-state index in [0.717, 1.165) is 12.1 Å². The lowest BCUT2D eigenvalue weighted by Crippen LogP contribution is -2.24. The topological polar surface area (TPSA) is 67.2 Å². The number of nitrogens with zero attached hydrogens (tertiary/aromatic N) is 2. The molecule has 1 aromatic heterocycles. The Morgan fingerprint density at radius 2 is 2.00 bits per heavy atom. The van der Waals surface area contributed by atoms with Gasteiger partial charge in [-0.1, -0.05) is 0 Å². The minimum absolute atomic E-state index is 0.0660. The lowest BCUT2D eigenvalue weighted by molar-refractivity contribution is 0.437. The van der Waals surface area contributed by atoms with E-state index in [9.17, 15) is 23.1 Å². The summed E-state index contributed by atoms with van der Waals surface area (Å²) in [5, 5.41) is 15.9. The molecule has 0 saturated heterocycles. The third-order valence-electron chi connectivity index (χ3n) is 2.57. The van der Waals surface area contributed by atoms with Crippen molar-refractivity contribution in [1.29, 1.82) is 0 Å². The molecule has 106 valence electrons. The lowest BCUT2D eigenvalue weighted by Gasteiger charge is -2.09. The number of rotatable bonds is 3. The Kier molecular flexibility index (Phi) is 3.75. The van der Waals surface area contributed by atoms with E-state index in [1.54, 1.807) is 7.05 Å². The largest absolute Gasteiger partial charge is 0.506 e. The van der Waals surface area contributed by atoms with Gasteiger partial charge in [-0.2, -0.15) is 9.78 Å². The second kappa shape index (κ2) is 5.33. The molecular formula is C12H10F3N3O2. The molecule has 0 unspecified atom stereocenters. The molecule has 1 aromatic carbocycles. The summed E-state index contributed by atoms with van der Waals surface area (Å²) in [4.78, 5) is 11.7. The molecule has 20 heavy (non-hydrogen) atoms. The quantitative estimate of drug-likeness (QED) is 0.828. The average Bonchev–Trinajstić information content (AvgIpc) is 2.40. The molecule has 0 aliphatic rings. The van der Waals surface area contributed by atoms with Gasteiger partial charge in [0, 0.05) is 12.6 Å². The fraction of sp³-hybridized carbons (Fsp3) is 0.167. The average molecular weight is 285 g/mol. The van der Waals surface area contributed by atoms with Crippen LogP contribution in [0.25, 0.3) is 5.69 Å². The molecule has 0 bridgehead atoms. The number of halogens is 3. The van der Waals surface area contributed by atoms with Crippen molar-refractivity contribution >= 4 is 0 Å². The van der Waals surface area contributed by atoms with Gasteiger partial charge < -0.3 is 10.4 Å². The van der Waals surface area contributed by atoms with Gasteiger partial charge in [0.25, 0.3) is 5.56 Å². The third-order valence-corrected chi connectivity index (χ3v) is 2.57. The summed E-state index contributed by atoms with van der Waals surface area (Å²) in [6, 6.07) is 2.40. The number of hydrogen-bond acceptors (Lipinski definition) is 4. The maximum atomic E-state index is 13.7.